The number of anilines is 1. The van der Waals surface area contributed by atoms with Crippen molar-refractivity contribution < 1.29 is 32.6 Å². The average molecular weight is 455 g/mol. The van der Waals surface area contributed by atoms with Crippen LogP contribution in [0, 0.1) is 5.82 Å². The van der Waals surface area contributed by atoms with Crippen LogP contribution < -0.4 is 15.2 Å². The number of halogens is 1. The van der Waals surface area contributed by atoms with E-state index < -0.39 is 13.4 Å². The van der Waals surface area contributed by atoms with E-state index >= 15 is 0 Å². The summed E-state index contributed by atoms with van der Waals surface area (Å²) in [6.45, 7) is -0.0290. The lowest BCUT2D eigenvalue weighted by atomic mass is 10.1. The fourth-order valence-corrected chi connectivity index (χ4v) is 3.99. The second-order valence-corrected chi connectivity index (χ2v) is 8.65. The molecule has 13 heteroatoms. The first-order valence-corrected chi connectivity index (χ1v) is 10.9. The number of hydrogen-bond donors (Lipinski definition) is 2. The number of imidazole rings is 1. The number of fused-ring (bicyclic) bond motifs is 1. The van der Waals surface area contributed by atoms with Gasteiger partial charge in [0.25, 0.3) is 6.01 Å². The van der Waals surface area contributed by atoms with E-state index in [2.05, 4.69) is 15.0 Å². The van der Waals surface area contributed by atoms with Crippen LogP contribution in [-0.2, 0) is 26.3 Å². The van der Waals surface area contributed by atoms with Gasteiger partial charge in [-0.15, -0.1) is 0 Å². The minimum atomic E-state index is -3.46. The Morgan fingerprint density at radius 2 is 1.94 bits per heavy atom. The van der Waals surface area contributed by atoms with Gasteiger partial charge in [0.1, 0.15) is 12.4 Å². The molecule has 168 valence electrons. The maximum Gasteiger partial charge on any atom is 0.334 e. The van der Waals surface area contributed by atoms with Crippen LogP contribution in [0.25, 0.3) is 11.2 Å². The molecule has 0 aliphatic rings. The van der Waals surface area contributed by atoms with Gasteiger partial charge in [0.2, 0.25) is 0 Å². The number of rotatable bonds is 10. The maximum atomic E-state index is 14.3. The van der Waals surface area contributed by atoms with Crippen molar-refractivity contribution in [1.29, 1.82) is 0 Å². The summed E-state index contributed by atoms with van der Waals surface area (Å²) in [5.41, 5.74) is 7.44. The predicted molar refractivity (Wildman–Crippen MR) is 110 cm³/mol. The molecule has 0 saturated heterocycles. The highest BCUT2D eigenvalue weighted by atomic mass is 31.2. The van der Waals surface area contributed by atoms with E-state index in [9.17, 15) is 8.96 Å². The van der Waals surface area contributed by atoms with E-state index in [4.69, 9.17) is 29.4 Å². The quantitative estimate of drug-likeness (QED) is 0.435. The van der Waals surface area contributed by atoms with E-state index in [1.165, 1.54) is 27.4 Å². The third kappa shape index (κ3) is 4.93. The molecule has 2 heterocycles. The van der Waals surface area contributed by atoms with E-state index in [1.807, 2.05) is 0 Å². The molecule has 0 aliphatic carbocycles. The van der Waals surface area contributed by atoms with Crippen LogP contribution in [0.1, 0.15) is 11.1 Å². The lowest BCUT2D eigenvalue weighted by Crippen LogP contribution is -2.08. The number of methoxy groups -OCH3 is 1. The molecule has 0 amide bonds. The van der Waals surface area contributed by atoms with E-state index in [0.717, 1.165) is 0 Å². The van der Waals surface area contributed by atoms with Gasteiger partial charge in [-0.1, -0.05) is 12.1 Å². The summed E-state index contributed by atoms with van der Waals surface area (Å²) in [5.74, 6) is -0.456. The van der Waals surface area contributed by atoms with Crippen LogP contribution in [0.3, 0.4) is 0 Å². The minimum Gasteiger partial charge on any atom is -0.468 e. The van der Waals surface area contributed by atoms with Gasteiger partial charge < -0.3 is 29.4 Å². The average Bonchev–Trinajstić information content (AvgIpc) is 3.12. The third-order valence-corrected chi connectivity index (χ3v) is 6.28. The standard InChI is InChI=1S/C18H23FN5O6P/c1-27-18-21-14-15(20)22-17(30-7-6-25)23-16(14)24(18)9-11-4-5-13(19)12(8-11)10-31(26,28-2)29-3/h4-5,8,25H,6-7,9-10H2,1-3H3,(H2,20,22,23). The van der Waals surface area contributed by atoms with Gasteiger partial charge in [0.05, 0.1) is 26.4 Å². The van der Waals surface area contributed by atoms with Crippen molar-refractivity contribution in [2.24, 2.45) is 0 Å². The van der Waals surface area contributed by atoms with Gasteiger partial charge in [0, 0.05) is 19.8 Å². The number of nitrogens with zero attached hydrogens (tertiary/aromatic N) is 4. The largest absolute Gasteiger partial charge is 0.468 e. The van der Waals surface area contributed by atoms with E-state index in [-0.39, 0.29) is 49.3 Å². The lowest BCUT2D eigenvalue weighted by molar-refractivity contribution is 0.192. The first-order chi connectivity index (χ1) is 14.8. The number of benzene rings is 1. The smallest absolute Gasteiger partial charge is 0.334 e. The summed E-state index contributed by atoms with van der Waals surface area (Å²) in [6.07, 6.45) is -0.226. The molecule has 0 spiro atoms. The zero-order valence-corrected chi connectivity index (χ0v) is 18.1. The molecule has 0 unspecified atom stereocenters. The molecule has 3 aromatic rings. The topological polar surface area (TPSA) is 144 Å². The van der Waals surface area contributed by atoms with Gasteiger partial charge >= 0.3 is 13.6 Å². The van der Waals surface area contributed by atoms with Gasteiger partial charge in [-0.3, -0.25) is 9.13 Å². The maximum absolute atomic E-state index is 14.3. The minimum absolute atomic E-state index is 0.00338. The molecule has 0 aliphatic heterocycles. The number of nitrogens with two attached hydrogens (primary N) is 1. The molecule has 0 fully saturated rings. The number of ether oxygens (including phenoxy) is 2. The summed E-state index contributed by atoms with van der Waals surface area (Å²) in [7, 11) is 0.472. The number of aliphatic hydroxyl groups is 1. The van der Waals surface area contributed by atoms with E-state index in [1.54, 1.807) is 16.7 Å². The van der Waals surface area contributed by atoms with Crippen LogP contribution >= 0.6 is 7.60 Å². The summed E-state index contributed by atoms with van der Waals surface area (Å²) in [6, 6.07) is 4.58. The molecule has 0 radical (unpaired) electrons. The first kappa shape index (κ1) is 22.9. The Kier molecular flexibility index (Phi) is 7.06. The third-order valence-electron chi connectivity index (χ3n) is 4.44. The second kappa shape index (κ2) is 9.56. The Labute approximate surface area is 177 Å². The number of hydrogen-bond acceptors (Lipinski definition) is 10. The molecule has 0 saturated carbocycles. The number of nitrogen functional groups attached to an aromatic ring is 1. The normalized spacial score (nSPS) is 11.8. The molecule has 2 aromatic heterocycles. The van der Waals surface area contributed by atoms with Gasteiger partial charge in [-0.2, -0.15) is 15.0 Å². The van der Waals surface area contributed by atoms with Crippen LogP contribution in [0.4, 0.5) is 10.2 Å². The van der Waals surface area contributed by atoms with Crippen LogP contribution in [0.5, 0.6) is 12.0 Å². The SMILES string of the molecule is COc1nc2c(N)nc(OCCO)nc2n1Cc1ccc(F)c(CP(=O)(OC)OC)c1. The Balaban J connectivity index is 2.01. The highest BCUT2D eigenvalue weighted by Gasteiger charge is 2.24. The Morgan fingerprint density at radius 1 is 1.19 bits per heavy atom. The Morgan fingerprint density at radius 3 is 2.58 bits per heavy atom. The van der Waals surface area contributed by atoms with Crippen molar-refractivity contribution in [2.45, 2.75) is 12.7 Å². The Bertz CT molecular complexity index is 1120. The molecule has 1 aromatic carbocycles. The van der Waals surface area contributed by atoms with Crippen LogP contribution in [0.2, 0.25) is 0 Å². The Hall–Kier alpha value is -2.79. The summed E-state index contributed by atoms with van der Waals surface area (Å²) >= 11 is 0. The molecule has 11 nitrogen and oxygen atoms in total. The zero-order chi connectivity index (χ0) is 22.6. The van der Waals surface area contributed by atoms with Gasteiger partial charge in [0.15, 0.2) is 17.0 Å². The molecule has 3 rings (SSSR count). The molecule has 31 heavy (non-hydrogen) atoms. The number of aromatic nitrogens is 4. The van der Waals surface area contributed by atoms with Crippen LogP contribution in [-0.4, -0.2) is 59.2 Å². The number of aliphatic hydroxyl groups excluding tert-OH is 1. The van der Waals surface area contributed by atoms with Gasteiger partial charge in [-0.05, 0) is 11.6 Å². The second-order valence-electron chi connectivity index (χ2n) is 6.38. The summed E-state index contributed by atoms with van der Waals surface area (Å²) in [5, 5.41) is 8.95. The molecular weight excluding hydrogens is 432 g/mol. The predicted octanol–water partition coefficient (Wildman–Crippen LogP) is 1.96. The van der Waals surface area contributed by atoms with Crippen molar-refractivity contribution in [3.63, 3.8) is 0 Å². The summed E-state index contributed by atoms with van der Waals surface area (Å²) in [4.78, 5) is 12.6. The lowest BCUT2D eigenvalue weighted by Gasteiger charge is -2.15. The van der Waals surface area contributed by atoms with Gasteiger partial charge in [-0.25, -0.2) is 4.39 Å². The molecule has 3 N–H and O–H groups in total. The molecule has 0 bridgehead atoms. The monoisotopic (exact) mass is 455 g/mol. The molecular formula is C18H23FN5O6P. The zero-order valence-electron chi connectivity index (χ0n) is 17.2. The van der Waals surface area contributed by atoms with Crippen molar-refractivity contribution in [2.75, 3.05) is 40.3 Å². The fourth-order valence-electron chi connectivity index (χ4n) is 2.92. The highest BCUT2D eigenvalue weighted by molar-refractivity contribution is 7.52. The first-order valence-electron chi connectivity index (χ1n) is 9.13. The van der Waals surface area contributed by atoms with Crippen molar-refractivity contribution in [3.8, 4) is 12.0 Å². The summed E-state index contributed by atoms with van der Waals surface area (Å²) < 4.78 is 48.8. The van der Waals surface area contributed by atoms with Crippen molar-refractivity contribution in [1.82, 2.24) is 19.5 Å². The van der Waals surface area contributed by atoms with Crippen LogP contribution in [0.15, 0.2) is 18.2 Å². The van der Waals surface area contributed by atoms with Crippen molar-refractivity contribution >= 4 is 24.6 Å². The fraction of sp³-hybridized carbons (Fsp3) is 0.389. The van der Waals surface area contributed by atoms with Crippen molar-refractivity contribution in [3.05, 3.63) is 35.1 Å². The highest BCUT2D eigenvalue weighted by Crippen LogP contribution is 2.50. The van der Waals surface area contributed by atoms with E-state index in [0.29, 0.717) is 16.7 Å². The molecule has 0 atom stereocenters.